The maximum Gasteiger partial charge on any atom is 0.393 e. The minimum absolute atomic E-state index is 0.00573. The van der Waals surface area contributed by atoms with E-state index < -0.39 is 12.6 Å². The van der Waals surface area contributed by atoms with Crippen molar-refractivity contribution in [2.75, 3.05) is 18.8 Å². The second kappa shape index (κ2) is 6.78. The molecule has 4 nitrogen and oxygen atoms in total. The van der Waals surface area contributed by atoms with E-state index in [0.717, 1.165) is 50.0 Å². The van der Waals surface area contributed by atoms with Gasteiger partial charge in [0.05, 0.1) is 12.1 Å². The van der Waals surface area contributed by atoms with Crippen LogP contribution in [0.5, 0.6) is 0 Å². The third kappa shape index (κ3) is 3.93. The number of halogens is 3. The Labute approximate surface area is 156 Å². The second-order valence-corrected chi connectivity index (χ2v) is 7.81. The Morgan fingerprint density at radius 1 is 1.19 bits per heavy atom. The Bertz CT molecular complexity index is 832. The van der Waals surface area contributed by atoms with Gasteiger partial charge in [0, 0.05) is 24.7 Å². The summed E-state index contributed by atoms with van der Waals surface area (Å²) in [6.07, 6.45) is 0.892. The van der Waals surface area contributed by atoms with E-state index >= 15 is 0 Å². The van der Waals surface area contributed by atoms with Crippen LogP contribution in [0, 0.1) is 0 Å². The number of fused-ring (bicyclic) bond motifs is 2. The normalized spacial score (nSPS) is 22.9. The standard InChI is InChI=1S/C20H23F3N4/c21-20(22,23)10-14-3-1-4-15(9-14)12-27-8-2-6-19(13-27)7-5-16-11-25-18(24)26-17(16)19/h1,3-4,9,11H,2,5-8,10,12-13H2,(H2,24,25,26). The molecule has 1 aliphatic carbocycles. The molecule has 7 heteroatoms. The van der Waals surface area contributed by atoms with Gasteiger partial charge in [-0.1, -0.05) is 24.3 Å². The predicted molar refractivity (Wildman–Crippen MR) is 97.2 cm³/mol. The second-order valence-electron chi connectivity index (χ2n) is 7.81. The van der Waals surface area contributed by atoms with Crippen molar-refractivity contribution < 1.29 is 13.2 Å². The van der Waals surface area contributed by atoms with Gasteiger partial charge in [0.25, 0.3) is 0 Å². The first kappa shape index (κ1) is 18.2. The van der Waals surface area contributed by atoms with Gasteiger partial charge >= 0.3 is 6.18 Å². The van der Waals surface area contributed by atoms with Crippen LogP contribution in [0.25, 0.3) is 0 Å². The van der Waals surface area contributed by atoms with Crippen LogP contribution >= 0.6 is 0 Å². The van der Waals surface area contributed by atoms with E-state index in [-0.39, 0.29) is 5.41 Å². The lowest BCUT2D eigenvalue weighted by atomic mass is 9.77. The maximum absolute atomic E-state index is 12.7. The molecule has 2 heterocycles. The van der Waals surface area contributed by atoms with E-state index in [1.807, 2.05) is 12.3 Å². The summed E-state index contributed by atoms with van der Waals surface area (Å²) in [4.78, 5) is 11.0. The number of alkyl halides is 3. The fourth-order valence-corrected chi connectivity index (χ4v) is 4.64. The Morgan fingerprint density at radius 2 is 2.00 bits per heavy atom. The van der Waals surface area contributed by atoms with Gasteiger partial charge in [-0.05, 0) is 48.9 Å². The summed E-state index contributed by atoms with van der Waals surface area (Å²) >= 11 is 0. The van der Waals surface area contributed by atoms with Crippen LogP contribution in [0.15, 0.2) is 30.5 Å². The van der Waals surface area contributed by atoms with Crippen LogP contribution in [0.1, 0.15) is 41.6 Å². The van der Waals surface area contributed by atoms with Gasteiger partial charge in [0.2, 0.25) is 5.95 Å². The molecular formula is C20H23F3N4. The van der Waals surface area contributed by atoms with E-state index in [2.05, 4.69) is 14.9 Å². The average Bonchev–Trinajstić information content (AvgIpc) is 2.91. The van der Waals surface area contributed by atoms with E-state index in [4.69, 9.17) is 5.73 Å². The number of piperidine rings is 1. The molecule has 144 valence electrons. The molecule has 0 amide bonds. The summed E-state index contributed by atoms with van der Waals surface area (Å²) in [6.45, 7) is 2.46. The number of anilines is 1. The van der Waals surface area contributed by atoms with Gasteiger partial charge in [0.1, 0.15) is 0 Å². The first-order valence-corrected chi connectivity index (χ1v) is 9.32. The van der Waals surface area contributed by atoms with Crippen molar-refractivity contribution in [3.63, 3.8) is 0 Å². The summed E-state index contributed by atoms with van der Waals surface area (Å²) < 4.78 is 38.0. The van der Waals surface area contributed by atoms with Gasteiger partial charge in [0.15, 0.2) is 0 Å². The van der Waals surface area contributed by atoms with Crippen molar-refractivity contribution in [3.8, 4) is 0 Å². The molecule has 1 aliphatic heterocycles. The first-order valence-electron chi connectivity index (χ1n) is 9.32. The molecule has 2 N–H and O–H groups in total. The zero-order valence-electron chi connectivity index (χ0n) is 15.1. The van der Waals surface area contributed by atoms with Gasteiger partial charge < -0.3 is 5.73 Å². The molecule has 1 unspecified atom stereocenters. The van der Waals surface area contributed by atoms with E-state index in [9.17, 15) is 13.2 Å². The average molecular weight is 376 g/mol. The summed E-state index contributed by atoms with van der Waals surface area (Å²) in [5.74, 6) is 0.312. The van der Waals surface area contributed by atoms with Crippen molar-refractivity contribution in [2.45, 2.75) is 50.2 Å². The number of rotatable bonds is 3. The molecule has 1 aromatic carbocycles. The highest BCUT2D eigenvalue weighted by molar-refractivity contribution is 5.37. The van der Waals surface area contributed by atoms with Crippen LogP contribution in [-0.4, -0.2) is 34.1 Å². The van der Waals surface area contributed by atoms with Crippen LogP contribution in [0.2, 0.25) is 0 Å². The number of hydrogen-bond donors (Lipinski definition) is 1. The van der Waals surface area contributed by atoms with Crippen LogP contribution < -0.4 is 5.73 Å². The molecule has 2 aromatic rings. The predicted octanol–water partition coefficient (Wildman–Crippen LogP) is 3.64. The number of aryl methyl sites for hydroxylation is 1. The quantitative estimate of drug-likeness (QED) is 0.889. The smallest absolute Gasteiger partial charge is 0.368 e. The largest absolute Gasteiger partial charge is 0.393 e. The first-order chi connectivity index (χ1) is 12.8. The molecular weight excluding hydrogens is 353 g/mol. The molecule has 1 aromatic heterocycles. The highest BCUT2D eigenvalue weighted by atomic mass is 19.4. The topological polar surface area (TPSA) is 55.0 Å². The van der Waals surface area contributed by atoms with Gasteiger partial charge in [-0.15, -0.1) is 0 Å². The molecule has 2 aliphatic rings. The van der Waals surface area contributed by atoms with E-state index in [1.165, 1.54) is 5.56 Å². The highest BCUT2D eigenvalue weighted by Gasteiger charge is 2.43. The lowest BCUT2D eigenvalue weighted by Crippen LogP contribution is -2.45. The Hall–Kier alpha value is -2.15. The van der Waals surface area contributed by atoms with Crippen molar-refractivity contribution in [1.82, 2.24) is 14.9 Å². The van der Waals surface area contributed by atoms with Crippen molar-refractivity contribution in [3.05, 3.63) is 52.8 Å². The fraction of sp³-hybridized carbons (Fsp3) is 0.500. The van der Waals surface area contributed by atoms with Crippen LogP contribution in [0.3, 0.4) is 0 Å². The summed E-state index contributed by atoms with van der Waals surface area (Å²) in [5.41, 5.74) is 9.31. The Morgan fingerprint density at radius 3 is 2.81 bits per heavy atom. The SMILES string of the molecule is Nc1ncc2c(n1)C1(CCCN(Cc3cccc(CC(F)(F)F)c3)C1)CC2. The van der Waals surface area contributed by atoms with Gasteiger partial charge in [-0.3, -0.25) is 4.90 Å². The Balaban J connectivity index is 1.51. The third-order valence-electron chi connectivity index (χ3n) is 5.72. The molecule has 27 heavy (non-hydrogen) atoms. The number of nitrogens with two attached hydrogens (primary N) is 1. The van der Waals surface area contributed by atoms with E-state index in [1.54, 1.807) is 18.2 Å². The van der Waals surface area contributed by atoms with Crippen molar-refractivity contribution in [1.29, 1.82) is 0 Å². The number of likely N-dealkylation sites (tertiary alicyclic amines) is 1. The molecule has 4 rings (SSSR count). The zero-order valence-corrected chi connectivity index (χ0v) is 15.1. The Kier molecular flexibility index (Phi) is 4.58. The van der Waals surface area contributed by atoms with Crippen LogP contribution in [-0.2, 0) is 24.8 Å². The van der Waals surface area contributed by atoms with Gasteiger partial charge in [-0.2, -0.15) is 13.2 Å². The van der Waals surface area contributed by atoms with E-state index in [0.29, 0.717) is 18.1 Å². The molecule has 1 saturated heterocycles. The fourth-order valence-electron chi connectivity index (χ4n) is 4.64. The molecule has 1 atom stereocenters. The minimum atomic E-state index is -4.18. The lowest BCUT2D eigenvalue weighted by Gasteiger charge is -2.40. The third-order valence-corrected chi connectivity index (χ3v) is 5.72. The summed E-state index contributed by atoms with van der Waals surface area (Å²) in [7, 11) is 0. The number of aromatic nitrogens is 2. The zero-order chi connectivity index (χ0) is 19.1. The number of benzene rings is 1. The number of nitrogen functional groups attached to an aromatic ring is 1. The van der Waals surface area contributed by atoms with Crippen LogP contribution in [0.4, 0.5) is 19.1 Å². The minimum Gasteiger partial charge on any atom is -0.368 e. The molecule has 1 fully saturated rings. The lowest BCUT2D eigenvalue weighted by molar-refractivity contribution is -0.127. The highest BCUT2D eigenvalue weighted by Crippen LogP contribution is 2.44. The molecule has 1 spiro atoms. The number of nitrogens with zero attached hydrogens (tertiary/aromatic N) is 3. The maximum atomic E-state index is 12.7. The summed E-state index contributed by atoms with van der Waals surface area (Å²) in [5, 5.41) is 0. The number of hydrogen-bond acceptors (Lipinski definition) is 4. The van der Waals surface area contributed by atoms with Crippen molar-refractivity contribution in [2.24, 2.45) is 0 Å². The molecule has 0 bridgehead atoms. The van der Waals surface area contributed by atoms with Gasteiger partial charge in [-0.25, -0.2) is 9.97 Å². The monoisotopic (exact) mass is 376 g/mol. The summed E-state index contributed by atoms with van der Waals surface area (Å²) in [6, 6.07) is 6.85. The molecule has 0 saturated carbocycles. The van der Waals surface area contributed by atoms with Crippen molar-refractivity contribution >= 4 is 5.95 Å². The molecule has 0 radical (unpaired) electrons.